The summed E-state index contributed by atoms with van der Waals surface area (Å²) in [5.74, 6) is 1.58. The molecule has 0 amide bonds. The molecule has 4 nitrogen and oxygen atoms in total. The fraction of sp³-hybridized carbons (Fsp3) is 0.600. The molecule has 1 atom stereocenters. The molecule has 1 aromatic carbocycles. The van der Waals surface area contributed by atoms with Crippen molar-refractivity contribution in [2.45, 2.75) is 25.9 Å². The van der Waals surface area contributed by atoms with Crippen LogP contribution in [-0.4, -0.2) is 38.5 Å². The highest BCUT2D eigenvalue weighted by Gasteiger charge is 2.35. The van der Waals surface area contributed by atoms with Gasteiger partial charge in [0.25, 0.3) is 0 Å². The summed E-state index contributed by atoms with van der Waals surface area (Å²) in [4.78, 5) is 0. The molecule has 2 rings (SSSR count). The van der Waals surface area contributed by atoms with Crippen molar-refractivity contribution >= 4 is 12.4 Å². The second-order valence-corrected chi connectivity index (χ2v) is 4.71. The van der Waals surface area contributed by atoms with E-state index in [4.69, 9.17) is 14.2 Å². The summed E-state index contributed by atoms with van der Waals surface area (Å²) >= 11 is 0. The van der Waals surface area contributed by atoms with Crippen LogP contribution in [0.1, 0.15) is 20.3 Å². The van der Waals surface area contributed by atoms with Gasteiger partial charge in [0.2, 0.25) is 0 Å². The van der Waals surface area contributed by atoms with E-state index < -0.39 is 0 Å². The molecule has 1 aliphatic rings. The Balaban J connectivity index is 0.00000200. The van der Waals surface area contributed by atoms with Crippen molar-refractivity contribution in [1.82, 2.24) is 5.32 Å². The van der Waals surface area contributed by atoms with E-state index in [1.165, 1.54) is 0 Å². The van der Waals surface area contributed by atoms with Crippen LogP contribution in [0.25, 0.3) is 0 Å². The van der Waals surface area contributed by atoms with Gasteiger partial charge in [0.15, 0.2) is 11.5 Å². The van der Waals surface area contributed by atoms with Crippen LogP contribution >= 0.6 is 12.4 Å². The number of hydrogen-bond donors (Lipinski definition) is 1. The average molecular weight is 302 g/mol. The van der Waals surface area contributed by atoms with Gasteiger partial charge >= 0.3 is 0 Å². The average Bonchev–Trinajstić information content (AvgIpc) is 2.88. The Kier molecular flexibility index (Phi) is 7.13. The van der Waals surface area contributed by atoms with Crippen molar-refractivity contribution in [3.8, 4) is 11.5 Å². The predicted molar refractivity (Wildman–Crippen MR) is 82.2 cm³/mol. The van der Waals surface area contributed by atoms with Crippen LogP contribution in [0.3, 0.4) is 0 Å². The Hall–Kier alpha value is -0.970. The first kappa shape index (κ1) is 17.1. The number of benzene rings is 1. The molecule has 1 fully saturated rings. The number of rotatable bonds is 7. The van der Waals surface area contributed by atoms with Crippen LogP contribution in [0, 0.1) is 0 Å². The Bertz CT molecular complexity index is 394. The van der Waals surface area contributed by atoms with Crippen molar-refractivity contribution in [3.05, 3.63) is 24.3 Å². The van der Waals surface area contributed by atoms with E-state index in [0.29, 0.717) is 19.8 Å². The summed E-state index contributed by atoms with van der Waals surface area (Å²) in [5, 5.41) is 3.34. The van der Waals surface area contributed by atoms with Gasteiger partial charge in [0, 0.05) is 13.2 Å². The monoisotopic (exact) mass is 301 g/mol. The second kappa shape index (κ2) is 8.35. The number of ether oxygens (including phenoxy) is 3. The lowest BCUT2D eigenvalue weighted by Crippen LogP contribution is -2.41. The molecule has 5 heteroatoms. The molecule has 1 saturated heterocycles. The number of para-hydroxylation sites is 2. The topological polar surface area (TPSA) is 39.7 Å². The third kappa shape index (κ3) is 4.27. The second-order valence-electron chi connectivity index (χ2n) is 4.71. The highest BCUT2D eigenvalue weighted by atomic mass is 35.5. The van der Waals surface area contributed by atoms with E-state index in [1.807, 2.05) is 38.1 Å². The molecular weight excluding hydrogens is 278 g/mol. The van der Waals surface area contributed by atoms with Gasteiger partial charge in [0.1, 0.15) is 12.2 Å². The summed E-state index contributed by atoms with van der Waals surface area (Å²) < 4.78 is 17.4. The van der Waals surface area contributed by atoms with Crippen molar-refractivity contribution in [2.75, 3.05) is 32.9 Å². The third-order valence-electron chi connectivity index (χ3n) is 3.29. The van der Waals surface area contributed by atoms with Gasteiger partial charge in [-0.2, -0.15) is 0 Å². The molecule has 0 aliphatic carbocycles. The quantitative estimate of drug-likeness (QED) is 0.840. The summed E-state index contributed by atoms with van der Waals surface area (Å²) in [6, 6.07) is 7.78. The van der Waals surface area contributed by atoms with E-state index >= 15 is 0 Å². The van der Waals surface area contributed by atoms with Crippen LogP contribution in [0.15, 0.2) is 24.3 Å². The van der Waals surface area contributed by atoms with Crippen molar-refractivity contribution in [1.29, 1.82) is 0 Å². The Morgan fingerprint density at radius 2 is 1.80 bits per heavy atom. The molecular formula is C15H24ClNO3. The Labute approximate surface area is 127 Å². The highest BCUT2D eigenvalue weighted by Crippen LogP contribution is 2.29. The van der Waals surface area contributed by atoms with E-state index in [2.05, 4.69) is 5.32 Å². The van der Waals surface area contributed by atoms with Gasteiger partial charge in [-0.05, 0) is 38.9 Å². The molecule has 1 aliphatic heterocycles. The molecule has 20 heavy (non-hydrogen) atoms. The molecule has 1 aromatic rings. The first-order chi connectivity index (χ1) is 9.29. The maximum atomic E-state index is 5.94. The van der Waals surface area contributed by atoms with Crippen LogP contribution in [-0.2, 0) is 4.74 Å². The minimum Gasteiger partial charge on any atom is -0.490 e. The van der Waals surface area contributed by atoms with Gasteiger partial charge in [-0.3, -0.25) is 0 Å². The zero-order valence-electron chi connectivity index (χ0n) is 12.2. The molecule has 1 N–H and O–H groups in total. The van der Waals surface area contributed by atoms with E-state index in [1.54, 1.807) is 0 Å². The molecule has 0 bridgehead atoms. The third-order valence-corrected chi connectivity index (χ3v) is 3.29. The van der Waals surface area contributed by atoms with Gasteiger partial charge in [-0.1, -0.05) is 12.1 Å². The lowest BCUT2D eigenvalue weighted by Gasteiger charge is -2.28. The molecule has 0 radical (unpaired) electrons. The van der Waals surface area contributed by atoms with Crippen LogP contribution in [0.5, 0.6) is 11.5 Å². The molecule has 0 aromatic heterocycles. The van der Waals surface area contributed by atoms with Crippen LogP contribution in [0.2, 0.25) is 0 Å². The lowest BCUT2D eigenvalue weighted by atomic mass is 10.0. The standard InChI is InChI=1S/C15H23NO3.ClH/c1-3-17-13-7-5-6-8-14(13)18-12-15(19-4-2)9-10-16-11-15;/h5-8,16H,3-4,9-12H2,1-2H3;1H. The molecule has 0 spiro atoms. The van der Waals surface area contributed by atoms with E-state index in [9.17, 15) is 0 Å². The Morgan fingerprint density at radius 1 is 1.10 bits per heavy atom. The van der Waals surface area contributed by atoms with Crippen LogP contribution in [0.4, 0.5) is 0 Å². The fourth-order valence-electron chi connectivity index (χ4n) is 2.37. The molecule has 114 valence electrons. The molecule has 0 saturated carbocycles. The van der Waals surface area contributed by atoms with Gasteiger partial charge in [-0.15, -0.1) is 12.4 Å². The Morgan fingerprint density at radius 3 is 2.35 bits per heavy atom. The summed E-state index contributed by atoms with van der Waals surface area (Å²) in [6.07, 6.45) is 0.984. The molecule has 1 unspecified atom stereocenters. The molecule has 1 heterocycles. The largest absolute Gasteiger partial charge is 0.490 e. The van der Waals surface area contributed by atoms with Crippen molar-refractivity contribution in [2.24, 2.45) is 0 Å². The predicted octanol–water partition coefficient (Wildman–Crippen LogP) is 2.65. The zero-order chi connectivity index (χ0) is 13.6. The fourth-order valence-corrected chi connectivity index (χ4v) is 2.37. The lowest BCUT2D eigenvalue weighted by molar-refractivity contribution is -0.0536. The normalized spacial score (nSPS) is 21.3. The minimum atomic E-state index is -0.200. The smallest absolute Gasteiger partial charge is 0.161 e. The SMILES string of the molecule is CCOc1ccccc1OCC1(OCC)CCNC1.Cl. The maximum Gasteiger partial charge on any atom is 0.161 e. The van der Waals surface area contributed by atoms with Crippen LogP contribution < -0.4 is 14.8 Å². The number of halogens is 1. The number of hydrogen-bond acceptors (Lipinski definition) is 4. The number of nitrogens with one attached hydrogen (secondary N) is 1. The van der Waals surface area contributed by atoms with Crippen molar-refractivity contribution in [3.63, 3.8) is 0 Å². The van der Waals surface area contributed by atoms with Gasteiger partial charge in [-0.25, -0.2) is 0 Å². The first-order valence-corrected chi connectivity index (χ1v) is 6.99. The summed E-state index contributed by atoms with van der Waals surface area (Å²) in [7, 11) is 0. The first-order valence-electron chi connectivity index (χ1n) is 6.99. The van der Waals surface area contributed by atoms with E-state index in [-0.39, 0.29) is 18.0 Å². The summed E-state index contributed by atoms with van der Waals surface area (Å²) in [5.41, 5.74) is -0.200. The van der Waals surface area contributed by atoms with Gasteiger partial charge in [0.05, 0.1) is 6.61 Å². The maximum absolute atomic E-state index is 5.94. The summed E-state index contributed by atoms with van der Waals surface area (Å²) in [6.45, 7) is 7.72. The van der Waals surface area contributed by atoms with Crippen molar-refractivity contribution < 1.29 is 14.2 Å². The highest BCUT2D eigenvalue weighted by molar-refractivity contribution is 5.85. The van der Waals surface area contributed by atoms with E-state index in [0.717, 1.165) is 31.0 Å². The van der Waals surface area contributed by atoms with Gasteiger partial charge < -0.3 is 19.5 Å². The minimum absolute atomic E-state index is 0. The zero-order valence-corrected chi connectivity index (χ0v) is 13.0.